The van der Waals surface area contributed by atoms with Crippen LogP contribution in [0.5, 0.6) is 0 Å². The third kappa shape index (κ3) is 2.09. The van der Waals surface area contributed by atoms with E-state index in [2.05, 4.69) is 69.2 Å². The van der Waals surface area contributed by atoms with E-state index in [0.29, 0.717) is 0 Å². The molecule has 1 atom stereocenters. The van der Waals surface area contributed by atoms with E-state index in [9.17, 15) is 0 Å². The predicted octanol–water partition coefficient (Wildman–Crippen LogP) is 4.71. The fraction of sp³-hybridized carbons (Fsp3) is 0.0667. The van der Waals surface area contributed by atoms with Crippen LogP contribution in [0.3, 0.4) is 0 Å². The lowest BCUT2D eigenvalue weighted by atomic mass is 9.99. The number of hydrogen-bond donors (Lipinski definition) is 1. The molecule has 3 aromatic rings. The first-order valence-corrected chi connectivity index (χ1v) is 7.45. The molecule has 0 saturated carbocycles. The van der Waals surface area contributed by atoms with E-state index in [-0.39, 0.29) is 6.04 Å². The van der Waals surface area contributed by atoms with Crippen molar-refractivity contribution in [2.75, 3.05) is 0 Å². The highest BCUT2D eigenvalue weighted by Crippen LogP contribution is 2.31. The van der Waals surface area contributed by atoms with Gasteiger partial charge in [0.2, 0.25) is 0 Å². The number of fused-ring (bicyclic) bond motifs is 1. The lowest BCUT2D eigenvalue weighted by molar-refractivity contribution is 0.874. The van der Waals surface area contributed by atoms with Crippen LogP contribution >= 0.6 is 27.3 Å². The Morgan fingerprint density at radius 1 is 1.00 bits per heavy atom. The first kappa shape index (κ1) is 11.9. The highest BCUT2D eigenvalue weighted by atomic mass is 79.9. The van der Waals surface area contributed by atoms with Crippen LogP contribution < -0.4 is 5.73 Å². The lowest BCUT2D eigenvalue weighted by Crippen LogP contribution is -2.11. The normalized spacial score (nSPS) is 12.8. The molecule has 3 heteroatoms. The largest absolute Gasteiger partial charge is 0.320 e. The Morgan fingerprint density at radius 3 is 2.50 bits per heavy atom. The maximum absolute atomic E-state index is 6.33. The Balaban J connectivity index is 2.07. The molecular weight excluding hydrogens is 306 g/mol. The summed E-state index contributed by atoms with van der Waals surface area (Å²) in [5, 5.41) is 6.65. The lowest BCUT2D eigenvalue weighted by Gasteiger charge is -2.12. The van der Waals surface area contributed by atoms with Crippen LogP contribution in [0.2, 0.25) is 0 Å². The zero-order valence-corrected chi connectivity index (χ0v) is 12.0. The van der Waals surface area contributed by atoms with Crippen LogP contribution in [0.1, 0.15) is 17.2 Å². The molecule has 2 aromatic carbocycles. The number of hydrogen-bond acceptors (Lipinski definition) is 2. The molecular formula is C15H12BrNS. The molecule has 1 unspecified atom stereocenters. The second kappa shape index (κ2) is 4.84. The Morgan fingerprint density at radius 2 is 1.78 bits per heavy atom. The zero-order chi connectivity index (χ0) is 12.5. The van der Waals surface area contributed by atoms with Crippen molar-refractivity contribution in [3.8, 4) is 0 Å². The Labute approximate surface area is 118 Å². The molecule has 0 fully saturated rings. The maximum Gasteiger partial charge on any atom is 0.0571 e. The summed E-state index contributed by atoms with van der Waals surface area (Å²) in [5.74, 6) is 0. The third-order valence-electron chi connectivity index (χ3n) is 3.11. The molecule has 0 saturated heterocycles. The molecule has 0 amide bonds. The highest BCUT2D eigenvalue weighted by Gasteiger charge is 2.13. The van der Waals surface area contributed by atoms with Crippen LogP contribution in [0.4, 0.5) is 0 Å². The SMILES string of the molecule is NC(c1ccc2ccccc2c1)c1cscc1Br. The van der Waals surface area contributed by atoms with Crippen LogP contribution in [0, 0.1) is 0 Å². The summed E-state index contributed by atoms with van der Waals surface area (Å²) in [6, 6.07) is 14.7. The van der Waals surface area contributed by atoms with E-state index in [0.717, 1.165) is 15.6 Å². The van der Waals surface area contributed by atoms with E-state index < -0.39 is 0 Å². The minimum absolute atomic E-state index is 0.0739. The van der Waals surface area contributed by atoms with Crippen LogP contribution in [-0.2, 0) is 0 Å². The third-order valence-corrected chi connectivity index (χ3v) is 4.86. The summed E-state index contributed by atoms with van der Waals surface area (Å²) in [6.07, 6.45) is 0. The summed E-state index contributed by atoms with van der Waals surface area (Å²) < 4.78 is 1.09. The van der Waals surface area contributed by atoms with Gasteiger partial charge < -0.3 is 5.73 Å². The van der Waals surface area contributed by atoms with Gasteiger partial charge in [0.05, 0.1) is 6.04 Å². The Kier molecular flexibility index (Phi) is 3.20. The fourth-order valence-corrected chi connectivity index (χ4v) is 3.67. The quantitative estimate of drug-likeness (QED) is 0.727. The Bertz CT molecular complexity index is 690. The topological polar surface area (TPSA) is 26.0 Å². The molecule has 0 aliphatic carbocycles. The average Bonchev–Trinajstić information content (AvgIpc) is 2.83. The smallest absolute Gasteiger partial charge is 0.0571 e. The summed E-state index contributed by atoms with van der Waals surface area (Å²) in [5.41, 5.74) is 8.62. The van der Waals surface area contributed by atoms with Crippen molar-refractivity contribution in [3.63, 3.8) is 0 Å². The van der Waals surface area contributed by atoms with Gasteiger partial charge in [0.1, 0.15) is 0 Å². The van der Waals surface area contributed by atoms with E-state index in [1.807, 2.05) is 0 Å². The van der Waals surface area contributed by atoms with Gasteiger partial charge in [-0.1, -0.05) is 36.4 Å². The van der Waals surface area contributed by atoms with Gasteiger partial charge in [0, 0.05) is 9.85 Å². The number of thiophene rings is 1. The monoisotopic (exact) mass is 317 g/mol. The van der Waals surface area contributed by atoms with Gasteiger partial charge >= 0.3 is 0 Å². The van der Waals surface area contributed by atoms with E-state index in [4.69, 9.17) is 5.73 Å². The minimum Gasteiger partial charge on any atom is -0.320 e. The van der Waals surface area contributed by atoms with Gasteiger partial charge in [0.15, 0.2) is 0 Å². The van der Waals surface area contributed by atoms with E-state index in [1.165, 1.54) is 10.8 Å². The second-order valence-electron chi connectivity index (χ2n) is 4.26. The van der Waals surface area contributed by atoms with Gasteiger partial charge in [0.25, 0.3) is 0 Å². The molecule has 2 N–H and O–H groups in total. The Hall–Kier alpha value is -1.16. The fourth-order valence-electron chi connectivity index (χ4n) is 2.09. The van der Waals surface area contributed by atoms with Crippen LogP contribution in [0.15, 0.2) is 57.7 Å². The zero-order valence-electron chi connectivity index (χ0n) is 9.64. The van der Waals surface area contributed by atoms with Crippen molar-refractivity contribution in [1.82, 2.24) is 0 Å². The van der Waals surface area contributed by atoms with Crippen molar-refractivity contribution in [3.05, 3.63) is 68.8 Å². The molecule has 1 heterocycles. The summed E-state index contributed by atoms with van der Waals surface area (Å²) >= 11 is 5.21. The van der Waals surface area contributed by atoms with Crippen molar-refractivity contribution < 1.29 is 0 Å². The number of rotatable bonds is 2. The molecule has 18 heavy (non-hydrogen) atoms. The van der Waals surface area contributed by atoms with Gasteiger partial charge in [-0.15, -0.1) is 0 Å². The van der Waals surface area contributed by atoms with Gasteiger partial charge in [-0.25, -0.2) is 0 Å². The molecule has 1 nitrogen and oxygen atoms in total. The second-order valence-corrected chi connectivity index (χ2v) is 5.86. The summed E-state index contributed by atoms with van der Waals surface area (Å²) in [4.78, 5) is 0. The highest BCUT2D eigenvalue weighted by molar-refractivity contribution is 9.10. The number of halogens is 1. The maximum atomic E-state index is 6.33. The van der Waals surface area contributed by atoms with Crippen molar-refractivity contribution in [1.29, 1.82) is 0 Å². The minimum atomic E-state index is -0.0739. The standard InChI is InChI=1S/C15H12BrNS/c16-14-9-18-8-13(14)15(17)12-6-5-10-3-1-2-4-11(10)7-12/h1-9,15H,17H2. The van der Waals surface area contributed by atoms with Crippen molar-refractivity contribution in [2.45, 2.75) is 6.04 Å². The number of benzene rings is 2. The van der Waals surface area contributed by atoms with Crippen molar-refractivity contribution >= 4 is 38.0 Å². The molecule has 0 aliphatic rings. The summed E-state index contributed by atoms with van der Waals surface area (Å²) in [7, 11) is 0. The molecule has 0 spiro atoms. The van der Waals surface area contributed by atoms with Crippen LogP contribution in [0.25, 0.3) is 10.8 Å². The molecule has 3 rings (SSSR count). The first-order valence-electron chi connectivity index (χ1n) is 5.71. The molecule has 1 aromatic heterocycles. The number of nitrogens with two attached hydrogens (primary N) is 1. The molecule has 90 valence electrons. The van der Waals surface area contributed by atoms with Crippen LogP contribution in [-0.4, -0.2) is 0 Å². The predicted molar refractivity (Wildman–Crippen MR) is 82.0 cm³/mol. The molecule has 0 aliphatic heterocycles. The molecule has 0 bridgehead atoms. The van der Waals surface area contributed by atoms with Gasteiger partial charge in [-0.3, -0.25) is 0 Å². The van der Waals surface area contributed by atoms with Crippen molar-refractivity contribution in [2.24, 2.45) is 5.73 Å². The molecule has 0 radical (unpaired) electrons. The van der Waals surface area contributed by atoms with E-state index in [1.54, 1.807) is 11.3 Å². The van der Waals surface area contributed by atoms with E-state index >= 15 is 0 Å². The van der Waals surface area contributed by atoms with Gasteiger partial charge in [-0.2, -0.15) is 11.3 Å². The first-order chi connectivity index (χ1) is 8.75. The van der Waals surface area contributed by atoms with Gasteiger partial charge in [-0.05, 0) is 49.3 Å². The summed E-state index contributed by atoms with van der Waals surface area (Å²) in [6.45, 7) is 0. The average molecular weight is 318 g/mol.